The predicted octanol–water partition coefficient (Wildman–Crippen LogP) is 0.469. The van der Waals surface area contributed by atoms with Crippen molar-refractivity contribution in [1.29, 1.82) is 0 Å². The van der Waals surface area contributed by atoms with Gasteiger partial charge in [0.05, 0.1) is 13.1 Å². The second-order valence-electron chi connectivity index (χ2n) is 5.78. The average Bonchev–Trinajstić information content (AvgIpc) is 3.12. The summed E-state index contributed by atoms with van der Waals surface area (Å²) in [5.41, 5.74) is 2.53. The summed E-state index contributed by atoms with van der Waals surface area (Å²) in [6.07, 6.45) is 0. The number of benzene rings is 1. The van der Waals surface area contributed by atoms with Gasteiger partial charge in [0.15, 0.2) is 11.9 Å². The van der Waals surface area contributed by atoms with Crippen LogP contribution in [0.25, 0.3) is 0 Å². The first-order chi connectivity index (χ1) is 10.7. The SMILES string of the molecule is CN1CCN=C1NCc1ccc(CNC2=NCCN2C)cc1. The lowest BCUT2D eigenvalue weighted by atomic mass is 10.1. The Labute approximate surface area is 131 Å². The fourth-order valence-corrected chi connectivity index (χ4v) is 2.58. The molecule has 2 N–H and O–H groups in total. The summed E-state index contributed by atoms with van der Waals surface area (Å²) in [5.74, 6) is 1.99. The van der Waals surface area contributed by atoms with Gasteiger partial charge in [0.1, 0.15) is 0 Å². The lowest BCUT2D eigenvalue weighted by Gasteiger charge is -2.16. The van der Waals surface area contributed by atoms with Gasteiger partial charge in [-0.3, -0.25) is 9.98 Å². The van der Waals surface area contributed by atoms with Crippen LogP contribution in [-0.4, -0.2) is 62.0 Å². The summed E-state index contributed by atoms with van der Waals surface area (Å²) in [7, 11) is 4.13. The van der Waals surface area contributed by atoms with Crippen molar-refractivity contribution < 1.29 is 0 Å². The van der Waals surface area contributed by atoms with Gasteiger partial charge >= 0.3 is 0 Å². The van der Waals surface area contributed by atoms with Gasteiger partial charge in [-0.25, -0.2) is 0 Å². The number of aliphatic imine (C=N–C) groups is 2. The van der Waals surface area contributed by atoms with E-state index < -0.39 is 0 Å². The number of rotatable bonds is 4. The molecular formula is C16H24N6. The number of nitrogens with zero attached hydrogens (tertiary/aromatic N) is 4. The van der Waals surface area contributed by atoms with Crippen LogP contribution in [0.4, 0.5) is 0 Å². The summed E-state index contributed by atoms with van der Waals surface area (Å²) < 4.78 is 0. The normalized spacial score (nSPS) is 17.5. The van der Waals surface area contributed by atoms with Gasteiger partial charge in [0.2, 0.25) is 0 Å². The molecule has 6 nitrogen and oxygen atoms in total. The van der Waals surface area contributed by atoms with Crippen LogP contribution in [0.2, 0.25) is 0 Å². The van der Waals surface area contributed by atoms with E-state index in [1.54, 1.807) is 0 Å². The third-order valence-corrected chi connectivity index (χ3v) is 4.04. The van der Waals surface area contributed by atoms with E-state index in [1.807, 2.05) is 0 Å². The van der Waals surface area contributed by atoms with E-state index in [9.17, 15) is 0 Å². The van der Waals surface area contributed by atoms with Crippen LogP contribution in [0, 0.1) is 0 Å². The van der Waals surface area contributed by atoms with E-state index in [4.69, 9.17) is 0 Å². The minimum Gasteiger partial charge on any atom is -0.352 e. The molecule has 0 spiro atoms. The molecule has 0 fully saturated rings. The highest BCUT2D eigenvalue weighted by molar-refractivity contribution is 5.81. The number of hydrogen-bond acceptors (Lipinski definition) is 6. The summed E-state index contributed by atoms with van der Waals surface area (Å²) in [6, 6.07) is 8.67. The van der Waals surface area contributed by atoms with E-state index in [-0.39, 0.29) is 0 Å². The smallest absolute Gasteiger partial charge is 0.194 e. The minimum atomic E-state index is 0.812. The third-order valence-electron chi connectivity index (χ3n) is 4.04. The number of guanidine groups is 2. The fraction of sp³-hybridized carbons (Fsp3) is 0.500. The van der Waals surface area contributed by atoms with Crippen LogP contribution in [0.5, 0.6) is 0 Å². The molecule has 0 unspecified atom stereocenters. The molecule has 1 aromatic carbocycles. The molecule has 1 aromatic rings. The maximum atomic E-state index is 4.43. The minimum absolute atomic E-state index is 0.812. The van der Waals surface area contributed by atoms with Gasteiger partial charge in [0.25, 0.3) is 0 Å². The van der Waals surface area contributed by atoms with Crippen LogP contribution in [-0.2, 0) is 13.1 Å². The highest BCUT2D eigenvalue weighted by Gasteiger charge is 2.12. The van der Waals surface area contributed by atoms with Crippen molar-refractivity contribution in [2.75, 3.05) is 40.3 Å². The number of hydrogen-bond donors (Lipinski definition) is 2. The number of nitrogens with one attached hydrogen (secondary N) is 2. The van der Waals surface area contributed by atoms with Gasteiger partial charge in [-0.1, -0.05) is 24.3 Å². The van der Waals surface area contributed by atoms with Crippen molar-refractivity contribution in [2.24, 2.45) is 9.98 Å². The standard InChI is InChI=1S/C16H24N6/c1-21-9-7-17-15(21)19-11-13-3-5-14(6-4-13)12-20-16-18-8-10-22(16)2/h3-6H,7-12H2,1-2H3,(H,17,19)(H,18,20). The Bertz CT molecular complexity index is 512. The summed E-state index contributed by atoms with van der Waals surface area (Å²) in [5, 5.41) is 6.77. The molecular weight excluding hydrogens is 276 g/mol. The molecule has 6 heteroatoms. The van der Waals surface area contributed by atoms with E-state index in [0.717, 1.165) is 51.2 Å². The first-order valence-corrected chi connectivity index (χ1v) is 7.79. The monoisotopic (exact) mass is 300 g/mol. The Morgan fingerprint density at radius 1 is 0.818 bits per heavy atom. The number of likely N-dealkylation sites (N-methyl/N-ethyl adjacent to an activating group) is 2. The van der Waals surface area contributed by atoms with Crippen LogP contribution in [0.1, 0.15) is 11.1 Å². The van der Waals surface area contributed by atoms with Gasteiger partial charge in [-0.2, -0.15) is 0 Å². The van der Waals surface area contributed by atoms with Crippen LogP contribution in [0.15, 0.2) is 34.3 Å². The molecule has 3 rings (SSSR count). The molecule has 2 heterocycles. The molecule has 0 atom stereocenters. The van der Waals surface area contributed by atoms with Crippen LogP contribution >= 0.6 is 0 Å². The Morgan fingerprint density at radius 3 is 1.55 bits per heavy atom. The maximum absolute atomic E-state index is 4.43. The molecule has 2 aliphatic heterocycles. The van der Waals surface area contributed by atoms with Crippen molar-refractivity contribution >= 4 is 11.9 Å². The first-order valence-electron chi connectivity index (χ1n) is 7.79. The first kappa shape index (κ1) is 14.7. The molecule has 118 valence electrons. The van der Waals surface area contributed by atoms with Crippen molar-refractivity contribution in [3.05, 3.63) is 35.4 Å². The van der Waals surface area contributed by atoms with Gasteiger partial charge in [-0.15, -0.1) is 0 Å². The lowest BCUT2D eigenvalue weighted by molar-refractivity contribution is 0.533. The summed E-state index contributed by atoms with van der Waals surface area (Å²) in [6.45, 7) is 5.42. The molecule has 0 amide bonds. The van der Waals surface area contributed by atoms with E-state index in [1.165, 1.54) is 11.1 Å². The molecule has 0 aromatic heterocycles. The van der Waals surface area contributed by atoms with E-state index in [2.05, 4.69) is 68.8 Å². The van der Waals surface area contributed by atoms with Crippen LogP contribution < -0.4 is 10.6 Å². The van der Waals surface area contributed by atoms with Gasteiger partial charge in [-0.05, 0) is 11.1 Å². The lowest BCUT2D eigenvalue weighted by Crippen LogP contribution is -2.35. The van der Waals surface area contributed by atoms with Crippen molar-refractivity contribution in [1.82, 2.24) is 20.4 Å². The highest BCUT2D eigenvalue weighted by atomic mass is 15.3. The average molecular weight is 300 g/mol. The Balaban J connectivity index is 1.48. The van der Waals surface area contributed by atoms with Gasteiger partial charge < -0.3 is 20.4 Å². The molecule has 0 bridgehead atoms. The molecule has 2 aliphatic rings. The van der Waals surface area contributed by atoms with Crippen molar-refractivity contribution in [3.63, 3.8) is 0 Å². The van der Waals surface area contributed by atoms with Gasteiger partial charge in [0, 0.05) is 40.3 Å². The molecule has 0 saturated heterocycles. The quantitative estimate of drug-likeness (QED) is 0.849. The second kappa shape index (κ2) is 6.68. The molecule has 22 heavy (non-hydrogen) atoms. The van der Waals surface area contributed by atoms with E-state index >= 15 is 0 Å². The van der Waals surface area contributed by atoms with Crippen LogP contribution in [0.3, 0.4) is 0 Å². The fourth-order valence-electron chi connectivity index (χ4n) is 2.58. The van der Waals surface area contributed by atoms with Crippen molar-refractivity contribution in [2.45, 2.75) is 13.1 Å². The Hall–Kier alpha value is -2.24. The summed E-state index contributed by atoms with van der Waals surface area (Å²) in [4.78, 5) is 13.2. The van der Waals surface area contributed by atoms with Crippen molar-refractivity contribution in [3.8, 4) is 0 Å². The largest absolute Gasteiger partial charge is 0.352 e. The van der Waals surface area contributed by atoms with E-state index in [0.29, 0.717) is 0 Å². The topological polar surface area (TPSA) is 55.3 Å². The predicted molar refractivity (Wildman–Crippen MR) is 90.0 cm³/mol. The zero-order valence-electron chi connectivity index (χ0n) is 13.3. The Kier molecular flexibility index (Phi) is 4.46. The maximum Gasteiger partial charge on any atom is 0.194 e. The zero-order valence-corrected chi connectivity index (χ0v) is 13.3. The second-order valence-corrected chi connectivity index (χ2v) is 5.78. The zero-order chi connectivity index (χ0) is 15.4. The molecule has 0 saturated carbocycles. The highest BCUT2D eigenvalue weighted by Crippen LogP contribution is 2.06. The molecule has 0 aliphatic carbocycles. The third kappa shape index (κ3) is 3.50. The molecule has 0 radical (unpaired) electrons. The summed E-state index contributed by atoms with van der Waals surface area (Å²) >= 11 is 0. The Morgan fingerprint density at radius 2 is 1.23 bits per heavy atom.